The largest absolute Gasteiger partial charge is 0.491 e. The van der Waals surface area contributed by atoms with Crippen LogP contribution in [0, 0.1) is 0 Å². The first-order valence-corrected chi connectivity index (χ1v) is 12.4. The first-order chi connectivity index (χ1) is 17.5. The second-order valence-corrected chi connectivity index (χ2v) is 9.18. The van der Waals surface area contributed by atoms with E-state index in [0.717, 1.165) is 23.1 Å². The molecule has 10 heteroatoms. The number of urea groups is 1. The Morgan fingerprint density at radius 1 is 1.17 bits per heavy atom. The van der Waals surface area contributed by atoms with Gasteiger partial charge in [0, 0.05) is 5.56 Å². The van der Waals surface area contributed by atoms with Crippen LogP contribution in [0.4, 0.5) is 15.6 Å². The maximum Gasteiger partial charge on any atom is 0.358 e. The van der Waals surface area contributed by atoms with Gasteiger partial charge in [-0.1, -0.05) is 36.8 Å². The van der Waals surface area contributed by atoms with Gasteiger partial charge in [0.2, 0.25) is 0 Å². The molecule has 0 bridgehead atoms. The van der Waals surface area contributed by atoms with Crippen molar-refractivity contribution in [2.75, 3.05) is 30.0 Å². The number of aromatic carboxylic acids is 1. The van der Waals surface area contributed by atoms with Gasteiger partial charge in [-0.3, -0.25) is 10.2 Å². The monoisotopic (exact) mass is 504 g/mol. The van der Waals surface area contributed by atoms with Gasteiger partial charge in [-0.2, -0.15) is 0 Å². The number of nitrogens with one attached hydrogen (secondary N) is 1. The zero-order chi connectivity index (χ0) is 25.1. The second kappa shape index (κ2) is 10.2. The topological polar surface area (TPSA) is 114 Å². The van der Waals surface area contributed by atoms with Gasteiger partial charge >= 0.3 is 12.0 Å². The number of thiazole rings is 1. The number of unbranched alkanes of at least 4 members (excludes halogenated alkanes) is 1. The first-order valence-electron chi connectivity index (χ1n) is 11.6. The van der Waals surface area contributed by atoms with Gasteiger partial charge in [0.15, 0.2) is 16.6 Å². The van der Waals surface area contributed by atoms with Gasteiger partial charge in [-0.25, -0.2) is 19.6 Å². The molecule has 1 aliphatic heterocycles. The summed E-state index contributed by atoms with van der Waals surface area (Å²) < 4.78 is 12.4. The van der Waals surface area contributed by atoms with E-state index < -0.39 is 5.97 Å². The SMILES string of the molecule is CCCCOc1ccc(-c2ccc3c(c2)N(C(=O)Nc2nc4ccccc4s2)CCO3)nc1C(=O)O. The van der Waals surface area contributed by atoms with Gasteiger partial charge in [0.05, 0.1) is 34.7 Å². The Morgan fingerprint density at radius 2 is 2.03 bits per heavy atom. The molecule has 9 nitrogen and oxygen atoms in total. The van der Waals surface area contributed by atoms with E-state index in [-0.39, 0.29) is 17.5 Å². The van der Waals surface area contributed by atoms with Crippen molar-refractivity contribution in [3.05, 3.63) is 60.3 Å². The zero-order valence-corrected chi connectivity index (χ0v) is 20.4. The Morgan fingerprint density at radius 3 is 2.83 bits per heavy atom. The van der Waals surface area contributed by atoms with Crippen LogP contribution in [0.5, 0.6) is 11.5 Å². The molecule has 0 aliphatic carbocycles. The number of carbonyl (C=O) groups is 2. The number of carboxylic acids is 1. The van der Waals surface area contributed by atoms with Crippen LogP contribution in [0.15, 0.2) is 54.6 Å². The molecule has 0 atom stereocenters. The van der Waals surface area contributed by atoms with Crippen LogP contribution in [-0.4, -0.2) is 46.8 Å². The summed E-state index contributed by atoms with van der Waals surface area (Å²) in [6.45, 7) is 3.16. The number of ether oxygens (including phenoxy) is 2. The van der Waals surface area contributed by atoms with Crippen molar-refractivity contribution in [1.29, 1.82) is 0 Å². The number of hydrogen-bond donors (Lipinski definition) is 2. The minimum Gasteiger partial charge on any atom is -0.491 e. The minimum atomic E-state index is -1.17. The number of carbonyl (C=O) groups excluding carboxylic acids is 1. The molecule has 184 valence electrons. The van der Waals surface area contributed by atoms with Gasteiger partial charge in [-0.15, -0.1) is 0 Å². The number of benzene rings is 2. The van der Waals surface area contributed by atoms with Crippen LogP contribution in [-0.2, 0) is 0 Å². The van der Waals surface area contributed by atoms with Crippen molar-refractivity contribution in [1.82, 2.24) is 9.97 Å². The molecule has 2 N–H and O–H groups in total. The average Bonchev–Trinajstić information content (AvgIpc) is 3.30. The summed E-state index contributed by atoms with van der Waals surface area (Å²) in [5.41, 5.74) is 2.35. The van der Waals surface area contributed by atoms with E-state index in [9.17, 15) is 14.7 Å². The van der Waals surface area contributed by atoms with Crippen LogP contribution in [0.1, 0.15) is 30.3 Å². The molecule has 2 aromatic carbocycles. The number of fused-ring (bicyclic) bond motifs is 2. The Labute approximate surface area is 211 Å². The predicted molar refractivity (Wildman–Crippen MR) is 139 cm³/mol. The lowest BCUT2D eigenvalue weighted by Gasteiger charge is -2.29. The fourth-order valence-electron chi connectivity index (χ4n) is 3.88. The standard InChI is InChI=1S/C26H24N4O5S/c1-2-3-13-34-21-11-9-17(27-23(21)24(31)32)16-8-10-20-19(15-16)30(12-14-35-20)26(33)29-25-28-18-6-4-5-7-22(18)36-25/h4-11,15H,2-3,12-14H2,1H3,(H,31,32)(H,28,29,33). The Kier molecular flexibility index (Phi) is 6.68. The van der Waals surface area contributed by atoms with E-state index >= 15 is 0 Å². The lowest BCUT2D eigenvalue weighted by molar-refractivity contribution is 0.0685. The summed E-state index contributed by atoms with van der Waals surface area (Å²) in [7, 11) is 0. The Bertz CT molecular complexity index is 1400. The third-order valence-corrected chi connectivity index (χ3v) is 6.64. The van der Waals surface area contributed by atoms with Crippen molar-refractivity contribution in [3.63, 3.8) is 0 Å². The molecule has 2 aromatic heterocycles. The lowest BCUT2D eigenvalue weighted by atomic mass is 10.1. The highest BCUT2D eigenvalue weighted by Gasteiger charge is 2.26. The van der Waals surface area contributed by atoms with E-state index in [1.165, 1.54) is 11.3 Å². The quantitative estimate of drug-likeness (QED) is 0.312. The minimum absolute atomic E-state index is 0.150. The molecule has 0 saturated carbocycles. The van der Waals surface area contributed by atoms with Gasteiger partial charge in [0.25, 0.3) is 0 Å². The van der Waals surface area contributed by atoms with E-state index in [2.05, 4.69) is 15.3 Å². The summed E-state index contributed by atoms with van der Waals surface area (Å²) in [6, 6.07) is 16.0. The number of pyridine rings is 1. The van der Waals surface area contributed by atoms with Crippen LogP contribution >= 0.6 is 11.3 Å². The molecule has 0 fully saturated rings. The normalized spacial score (nSPS) is 12.6. The Hall–Kier alpha value is -4.18. The van der Waals surface area contributed by atoms with E-state index in [4.69, 9.17) is 9.47 Å². The number of aromatic nitrogens is 2. The summed E-state index contributed by atoms with van der Waals surface area (Å²) in [4.78, 5) is 35.4. The number of nitrogens with zero attached hydrogens (tertiary/aromatic N) is 3. The molecule has 0 spiro atoms. The van der Waals surface area contributed by atoms with Crippen LogP contribution in [0.3, 0.4) is 0 Å². The molecule has 2 amide bonds. The van der Waals surface area contributed by atoms with Crippen LogP contribution < -0.4 is 19.7 Å². The summed E-state index contributed by atoms with van der Waals surface area (Å²) in [6.07, 6.45) is 1.76. The second-order valence-electron chi connectivity index (χ2n) is 8.15. The maximum atomic E-state index is 13.2. The van der Waals surface area contributed by atoms with Crippen molar-refractivity contribution in [2.45, 2.75) is 19.8 Å². The molecule has 36 heavy (non-hydrogen) atoms. The van der Waals surface area contributed by atoms with Gasteiger partial charge in [0.1, 0.15) is 12.4 Å². The Balaban J connectivity index is 1.42. The number of carboxylic acid groups (broad SMARTS) is 1. The van der Waals surface area contributed by atoms with Gasteiger partial charge in [-0.05, 0) is 48.9 Å². The maximum absolute atomic E-state index is 13.2. The smallest absolute Gasteiger partial charge is 0.358 e. The summed E-state index contributed by atoms with van der Waals surface area (Å²) in [5.74, 6) is -0.373. The lowest BCUT2D eigenvalue weighted by Crippen LogP contribution is -2.40. The molecule has 0 radical (unpaired) electrons. The average molecular weight is 505 g/mol. The van der Waals surface area contributed by atoms with Crippen molar-refractivity contribution < 1.29 is 24.2 Å². The molecular formula is C26H24N4O5S. The molecule has 0 unspecified atom stereocenters. The highest BCUT2D eigenvalue weighted by molar-refractivity contribution is 7.22. The molecule has 5 rings (SSSR count). The first kappa shape index (κ1) is 23.6. The molecule has 0 saturated heterocycles. The summed E-state index contributed by atoms with van der Waals surface area (Å²) >= 11 is 1.40. The number of rotatable bonds is 7. The fourth-order valence-corrected chi connectivity index (χ4v) is 4.73. The third kappa shape index (κ3) is 4.80. The van der Waals surface area contributed by atoms with Crippen molar-refractivity contribution >= 4 is 44.4 Å². The third-order valence-electron chi connectivity index (χ3n) is 5.69. The highest BCUT2D eigenvalue weighted by atomic mass is 32.1. The zero-order valence-electron chi connectivity index (χ0n) is 19.6. The van der Waals surface area contributed by atoms with E-state index in [1.807, 2.05) is 31.2 Å². The van der Waals surface area contributed by atoms with E-state index in [1.54, 1.807) is 35.2 Å². The number of para-hydroxylation sites is 1. The fraction of sp³-hybridized carbons (Fsp3) is 0.231. The molecule has 1 aliphatic rings. The predicted octanol–water partition coefficient (Wildman–Crippen LogP) is 5.67. The molecule has 3 heterocycles. The van der Waals surface area contributed by atoms with Crippen molar-refractivity contribution in [2.24, 2.45) is 0 Å². The van der Waals surface area contributed by atoms with Crippen LogP contribution in [0.2, 0.25) is 0 Å². The number of amides is 2. The van der Waals surface area contributed by atoms with Crippen LogP contribution in [0.25, 0.3) is 21.5 Å². The van der Waals surface area contributed by atoms with Crippen molar-refractivity contribution in [3.8, 4) is 22.8 Å². The summed E-state index contributed by atoms with van der Waals surface area (Å²) in [5, 5.41) is 13.1. The molecule has 4 aromatic rings. The molecular weight excluding hydrogens is 480 g/mol. The highest BCUT2D eigenvalue weighted by Crippen LogP contribution is 2.36. The van der Waals surface area contributed by atoms with E-state index in [0.29, 0.717) is 47.6 Å². The number of hydrogen-bond acceptors (Lipinski definition) is 7. The van der Waals surface area contributed by atoms with Gasteiger partial charge < -0.3 is 14.6 Å². The number of anilines is 2.